The highest BCUT2D eigenvalue weighted by Gasteiger charge is 2.41. The first kappa shape index (κ1) is 19.2. The van der Waals surface area contributed by atoms with Crippen LogP contribution in [0.5, 0.6) is 0 Å². The molecule has 1 aromatic carbocycles. The number of hydrogen-bond donors (Lipinski definition) is 1. The van der Waals surface area contributed by atoms with Gasteiger partial charge in [-0.05, 0) is 37.9 Å². The third-order valence-electron chi connectivity index (χ3n) is 5.83. The number of hydrogen-bond acceptors (Lipinski definition) is 4. The Balaban J connectivity index is 1.56. The first-order chi connectivity index (χ1) is 12.5. The zero-order valence-corrected chi connectivity index (χ0v) is 16.6. The Labute approximate surface area is 160 Å². The highest BCUT2D eigenvalue weighted by atomic mass is 32.2. The van der Waals surface area contributed by atoms with E-state index in [9.17, 15) is 9.59 Å². The van der Waals surface area contributed by atoms with Crippen molar-refractivity contribution in [3.63, 3.8) is 0 Å². The monoisotopic (exact) mass is 375 g/mol. The first-order valence-corrected chi connectivity index (χ1v) is 10.5. The lowest BCUT2D eigenvalue weighted by atomic mass is 9.86. The summed E-state index contributed by atoms with van der Waals surface area (Å²) in [5, 5.41) is 2.97. The largest absolute Gasteiger partial charge is 0.356 e. The van der Waals surface area contributed by atoms with E-state index >= 15 is 0 Å². The molecule has 142 valence electrons. The van der Waals surface area contributed by atoms with Crippen LogP contribution in [0.4, 0.5) is 0 Å². The second kappa shape index (κ2) is 8.44. The van der Waals surface area contributed by atoms with E-state index in [4.69, 9.17) is 0 Å². The molecule has 2 aliphatic heterocycles. The predicted molar refractivity (Wildman–Crippen MR) is 106 cm³/mol. The van der Waals surface area contributed by atoms with Crippen molar-refractivity contribution >= 4 is 23.6 Å². The van der Waals surface area contributed by atoms with Gasteiger partial charge in [-0.3, -0.25) is 14.5 Å². The summed E-state index contributed by atoms with van der Waals surface area (Å²) < 4.78 is 0. The van der Waals surface area contributed by atoms with Crippen molar-refractivity contribution in [1.82, 2.24) is 15.1 Å². The molecule has 1 atom stereocenters. The van der Waals surface area contributed by atoms with E-state index in [1.165, 1.54) is 11.1 Å². The van der Waals surface area contributed by atoms with Crippen LogP contribution in [0.2, 0.25) is 0 Å². The SMILES string of the molecule is Cc1ccccc1CSCC(=O)N1CCN(C)[C@@]2(CCNC(=O)CC2)C1. The van der Waals surface area contributed by atoms with Gasteiger partial charge in [0.15, 0.2) is 0 Å². The summed E-state index contributed by atoms with van der Waals surface area (Å²) in [4.78, 5) is 28.9. The van der Waals surface area contributed by atoms with Crippen molar-refractivity contribution < 1.29 is 9.59 Å². The average molecular weight is 376 g/mol. The molecular formula is C20H29N3O2S. The minimum Gasteiger partial charge on any atom is -0.356 e. The van der Waals surface area contributed by atoms with Crippen LogP contribution in [-0.2, 0) is 15.3 Å². The molecule has 0 radical (unpaired) electrons. The van der Waals surface area contributed by atoms with Crippen LogP contribution in [0.1, 0.15) is 30.4 Å². The summed E-state index contributed by atoms with van der Waals surface area (Å²) >= 11 is 1.69. The van der Waals surface area contributed by atoms with Gasteiger partial charge in [-0.25, -0.2) is 0 Å². The van der Waals surface area contributed by atoms with Gasteiger partial charge in [0.1, 0.15) is 0 Å². The van der Waals surface area contributed by atoms with E-state index in [-0.39, 0.29) is 17.4 Å². The molecule has 2 amide bonds. The van der Waals surface area contributed by atoms with Crippen molar-refractivity contribution in [3.8, 4) is 0 Å². The second-order valence-electron chi connectivity index (χ2n) is 7.48. The number of carbonyl (C=O) groups is 2. The maximum Gasteiger partial charge on any atom is 0.232 e. The Morgan fingerprint density at radius 1 is 1.27 bits per heavy atom. The van der Waals surface area contributed by atoms with Gasteiger partial charge in [-0.1, -0.05) is 24.3 Å². The smallest absolute Gasteiger partial charge is 0.232 e. The summed E-state index contributed by atoms with van der Waals surface area (Å²) in [6.07, 6.45) is 2.29. The number of carbonyl (C=O) groups excluding carboxylic acids is 2. The summed E-state index contributed by atoms with van der Waals surface area (Å²) in [6.45, 7) is 5.21. The van der Waals surface area contributed by atoms with E-state index in [0.717, 1.165) is 38.2 Å². The molecule has 1 spiro atoms. The molecule has 0 saturated carbocycles. The van der Waals surface area contributed by atoms with E-state index in [2.05, 4.69) is 42.4 Å². The Bertz CT molecular complexity index is 666. The fraction of sp³-hybridized carbons (Fsp3) is 0.600. The topological polar surface area (TPSA) is 52.7 Å². The third kappa shape index (κ3) is 4.41. The highest BCUT2D eigenvalue weighted by molar-refractivity contribution is 7.99. The van der Waals surface area contributed by atoms with Gasteiger partial charge < -0.3 is 10.2 Å². The first-order valence-electron chi connectivity index (χ1n) is 9.38. The van der Waals surface area contributed by atoms with Crippen molar-refractivity contribution in [2.45, 2.75) is 37.5 Å². The number of nitrogens with zero attached hydrogens (tertiary/aromatic N) is 2. The molecule has 6 heteroatoms. The fourth-order valence-electron chi connectivity index (χ4n) is 3.92. The van der Waals surface area contributed by atoms with Gasteiger partial charge in [0.05, 0.1) is 5.75 Å². The Morgan fingerprint density at radius 2 is 2.08 bits per heavy atom. The van der Waals surface area contributed by atoms with Gasteiger partial charge in [-0.2, -0.15) is 0 Å². The van der Waals surface area contributed by atoms with Crippen LogP contribution in [0.25, 0.3) is 0 Å². The zero-order chi connectivity index (χ0) is 18.6. The van der Waals surface area contributed by atoms with Crippen molar-refractivity contribution in [2.24, 2.45) is 0 Å². The number of thioether (sulfide) groups is 1. The number of rotatable bonds is 4. The van der Waals surface area contributed by atoms with Crippen LogP contribution in [0.15, 0.2) is 24.3 Å². The molecule has 5 nitrogen and oxygen atoms in total. The van der Waals surface area contributed by atoms with E-state index < -0.39 is 0 Å². The number of amides is 2. The van der Waals surface area contributed by atoms with Gasteiger partial charge in [0, 0.05) is 43.9 Å². The van der Waals surface area contributed by atoms with Crippen LogP contribution in [0.3, 0.4) is 0 Å². The number of nitrogens with one attached hydrogen (secondary N) is 1. The van der Waals surface area contributed by atoms with E-state index in [0.29, 0.717) is 18.7 Å². The molecule has 26 heavy (non-hydrogen) atoms. The molecule has 0 aromatic heterocycles. The quantitative estimate of drug-likeness (QED) is 0.875. The zero-order valence-electron chi connectivity index (χ0n) is 15.8. The average Bonchev–Trinajstić information content (AvgIpc) is 2.81. The Morgan fingerprint density at radius 3 is 2.88 bits per heavy atom. The molecule has 3 rings (SSSR count). The minimum absolute atomic E-state index is 0.0618. The van der Waals surface area contributed by atoms with E-state index in [1.807, 2.05) is 11.0 Å². The minimum atomic E-state index is -0.0618. The van der Waals surface area contributed by atoms with Gasteiger partial charge in [0.25, 0.3) is 0 Å². The molecule has 2 heterocycles. The highest BCUT2D eigenvalue weighted by Crippen LogP contribution is 2.30. The normalized spacial score (nSPS) is 24.4. The molecule has 1 N–H and O–H groups in total. The third-order valence-corrected chi connectivity index (χ3v) is 6.79. The second-order valence-corrected chi connectivity index (χ2v) is 8.47. The van der Waals surface area contributed by atoms with Crippen LogP contribution >= 0.6 is 11.8 Å². The summed E-state index contributed by atoms with van der Waals surface area (Å²) in [5.41, 5.74) is 2.52. The maximum absolute atomic E-state index is 12.8. The van der Waals surface area contributed by atoms with E-state index in [1.54, 1.807) is 11.8 Å². The standard InChI is InChI=1S/C20H29N3O2S/c1-16-5-3-4-6-17(16)13-26-14-19(25)23-12-11-22(2)20(15-23)8-7-18(24)21-10-9-20/h3-6H,7-15H2,1-2H3,(H,21,24)/t20-/m0/s1. The molecule has 2 aliphatic rings. The lowest BCUT2D eigenvalue weighted by Gasteiger charge is -2.49. The van der Waals surface area contributed by atoms with Crippen molar-refractivity contribution in [1.29, 1.82) is 0 Å². The Hall–Kier alpha value is -1.53. The van der Waals surface area contributed by atoms with Gasteiger partial charge in [0.2, 0.25) is 11.8 Å². The number of benzene rings is 1. The van der Waals surface area contributed by atoms with Gasteiger partial charge >= 0.3 is 0 Å². The molecule has 1 aromatic rings. The molecule has 2 fully saturated rings. The summed E-state index contributed by atoms with van der Waals surface area (Å²) in [6, 6.07) is 8.34. The molecule has 0 unspecified atom stereocenters. The van der Waals surface area contributed by atoms with Crippen molar-refractivity contribution in [2.75, 3.05) is 39.0 Å². The van der Waals surface area contributed by atoms with Crippen LogP contribution in [-0.4, -0.2) is 66.1 Å². The summed E-state index contributed by atoms with van der Waals surface area (Å²) in [5.74, 6) is 1.74. The number of aryl methyl sites for hydroxylation is 1. The lowest BCUT2D eigenvalue weighted by Crippen LogP contribution is -2.62. The molecule has 0 bridgehead atoms. The molecular weight excluding hydrogens is 346 g/mol. The van der Waals surface area contributed by atoms with Crippen LogP contribution in [0, 0.1) is 6.92 Å². The fourth-order valence-corrected chi connectivity index (χ4v) is 4.92. The van der Waals surface area contributed by atoms with Crippen LogP contribution < -0.4 is 5.32 Å². The van der Waals surface area contributed by atoms with Crippen molar-refractivity contribution in [3.05, 3.63) is 35.4 Å². The number of likely N-dealkylation sites (N-methyl/N-ethyl adjacent to an activating group) is 1. The summed E-state index contributed by atoms with van der Waals surface area (Å²) in [7, 11) is 2.13. The Kier molecular flexibility index (Phi) is 6.24. The predicted octanol–water partition coefficient (Wildman–Crippen LogP) is 2.04. The number of piperazine rings is 1. The lowest BCUT2D eigenvalue weighted by molar-refractivity contribution is -0.134. The molecule has 0 aliphatic carbocycles. The van der Waals surface area contributed by atoms with Gasteiger partial charge in [-0.15, -0.1) is 11.8 Å². The maximum atomic E-state index is 12.8. The molecule has 2 saturated heterocycles.